The summed E-state index contributed by atoms with van der Waals surface area (Å²) in [7, 11) is 0. The fraction of sp³-hybridized carbons (Fsp3) is 0.429. The number of hydrogen-bond acceptors (Lipinski definition) is 3. The van der Waals surface area contributed by atoms with Crippen molar-refractivity contribution in [1.82, 2.24) is 20.2 Å². The molecule has 0 fully saturated rings. The van der Waals surface area contributed by atoms with Crippen molar-refractivity contribution < 1.29 is 4.79 Å². The molecule has 0 aliphatic carbocycles. The lowest BCUT2D eigenvalue weighted by atomic mass is 10.2. The molecule has 2 rings (SSSR count). The third kappa shape index (κ3) is 3.79. The molecule has 2 aromatic rings. The van der Waals surface area contributed by atoms with Gasteiger partial charge in [-0.15, -0.1) is 0 Å². The molecule has 0 aromatic carbocycles. The van der Waals surface area contributed by atoms with Crippen LogP contribution in [0.25, 0.3) is 5.52 Å². The number of nitrogens with one attached hydrogen (secondary N) is 2. The second-order valence-electron chi connectivity index (χ2n) is 4.85. The average Bonchev–Trinajstić information content (AvgIpc) is 2.77. The topological polar surface area (TPSA) is 58.4 Å². The monoisotopic (exact) mass is 260 g/mol. The van der Waals surface area contributed by atoms with Gasteiger partial charge in [0.25, 0.3) is 0 Å². The number of hydrogen-bond donors (Lipinski definition) is 2. The molecule has 2 N–H and O–H groups in total. The zero-order chi connectivity index (χ0) is 13.7. The van der Waals surface area contributed by atoms with Gasteiger partial charge in [0.15, 0.2) is 0 Å². The minimum Gasteiger partial charge on any atom is -0.354 e. The van der Waals surface area contributed by atoms with Crippen molar-refractivity contribution in [1.29, 1.82) is 0 Å². The summed E-state index contributed by atoms with van der Waals surface area (Å²) in [6.07, 6.45) is 4.28. The third-order valence-electron chi connectivity index (χ3n) is 2.80. The smallest absolute Gasteiger partial charge is 0.221 e. The molecule has 102 valence electrons. The van der Waals surface area contributed by atoms with Crippen molar-refractivity contribution in [2.45, 2.75) is 32.9 Å². The number of amides is 1. The lowest BCUT2D eigenvalue weighted by molar-refractivity contribution is -0.121. The molecule has 2 aromatic heterocycles. The maximum absolute atomic E-state index is 11.5. The molecule has 0 radical (unpaired) electrons. The largest absolute Gasteiger partial charge is 0.354 e. The van der Waals surface area contributed by atoms with E-state index in [-0.39, 0.29) is 11.9 Å². The molecule has 0 aliphatic rings. The van der Waals surface area contributed by atoms with Gasteiger partial charge in [-0.05, 0) is 26.0 Å². The van der Waals surface area contributed by atoms with E-state index >= 15 is 0 Å². The summed E-state index contributed by atoms with van der Waals surface area (Å²) in [5, 5.41) is 10.4. The van der Waals surface area contributed by atoms with Gasteiger partial charge in [0.2, 0.25) is 5.91 Å². The molecule has 0 saturated heterocycles. The van der Waals surface area contributed by atoms with Gasteiger partial charge in [-0.3, -0.25) is 4.79 Å². The molecule has 19 heavy (non-hydrogen) atoms. The first-order valence-electron chi connectivity index (χ1n) is 6.58. The van der Waals surface area contributed by atoms with E-state index in [1.54, 1.807) is 0 Å². The number of nitrogens with zero attached hydrogens (tertiary/aromatic N) is 2. The predicted molar refractivity (Wildman–Crippen MR) is 74.8 cm³/mol. The minimum atomic E-state index is 0.0855. The molecule has 0 atom stereocenters. The van der Waals surface area contributed by atoms with Crippen LogP contribution in [0.1, 0.15) is 25.8 Å². The van der Waals surface area contributed by atoms with Crippen molar-refractivity contribution in [2.24, 2.45) is 0 Å². The first-order valence-corrected chi connectivity index (χ1v) is 6.58. The third-order valence-corrected chi connectivity index (χ3v) is 2.80. The Bertz CT molecular complexity index is 547. The molecule has 5 heteroatoms. The van der Waals surface area contributed by atoms with Gasteiger partial charge < -0.3 is 10.6 Å². The SMILES string of the molecule is CC(C)NC(=O)CCNCc1cnn2ccccc12. The molecule has 0 bridgehead atoms. The first-order chi connectivity index (χ1) is 9.16. The standard InChI is InChI=1S/C14H20N4O/c1-11(2)17-14(19)6-7-15-9-12-10-16-18-8-4-3-5-13(12)18/h3-5,8,10-11,15H,6-7,9H2,1-2H3,(H,17,19). The summed E-state index contributed by atoms with van der Waals surface area (Å²) in [5.41, 5.74) is 2.24. The van der Waals surface area contributed by atoms with Gasteiger partial charge in [-0.25, -0.2) is 4.52 Å². The summed E-state index contributed by atoms with van der Waals surface area (Å²) in [6.45, 7) is 5.32. The molecule has 2 heterocycles. The van der Waals surface area contributed by atoms with Crippen LogP contribution in [0.2, 0.25) is 0 Å². The van der Waals surface area contributed by atoms with Crippen LogP contribution in [-0.2, 0) is 11.3 Å². The number of carbonyl (C=O) groups excluding carboxylic acids is 1. The van der Waals surface area contributed by atoms with Gasteiger partial charge in [0, 0.05) is 37.3 Å². The van der Waals surface area contributed by atoms with E-state index in [0.717, 1.165) is 17.6 Å². The summed E-state index contributed by atoms with van der Waals surface area (Å²) in [4.78, 5) is 11.5. The molecule has 0 aliphatic heterocycles. The Morgan fingerprint density at radius 1 is 1.42 bits per heavy atom. The van der Waals surface area contributed by atoms with E-state index in [1.807, 2.05) is 49.0 Å². The maximum atomic E-state index is 11.5. The average molecular weight is 260 g/mol. The van der Waals surface area contributed by atoms with E-state index in [4.69, 9.17) is 0 Å². The highest BCUT2D eigenvalue weighted by Crippen LogP contribution is 2.09. The van der Waals surface area contributed by atoms with Gasteiger partial charge >= 0.3 is 0 Å². The Labute approximate surface area is 113 Å². The second-order valence-corrected chi connectivity index (χ2v) is 4.85. The van der Waals surface area contributed by atoms with Crippen LogP contribution in [0.15, 0.2) is 30.6 Å². The number of pyridine rings is 1. The van der Waals surface area contributed by atoms with Crippen molar-refractivity contribution in [2.75, 3.05) is 6.54 Å². The maximum Gasteiger partial charge on any atom is 0.221 e. The molecule has 0 saturated carbocycles. The zero-order valence-corrected chi connectivity index (χ0v) is 11.4. The number of aromatic nitrogens is 2. The van der Waals surface area contributed by atoms with Gasteiger partial charge in [-0.1, -0.05) is 6.07 Å². The first kappa shape index (κ1) is 13.5. The number of rotatable bonds is 6. The van der Waals surface area contributed by atoms with Crippen molar-refractivity contribution >= 4 is 11.4 Å². The van der Waals surface area contributed by atoms with Crippen molar-refractivity contribution in [3.05, 3.63) is 36.2 Å². The minimum absolute atomic E-state index is 0.0855. The molecule has 0 unspecified atom stereocenters. The highest BCUT2D eigenvalue weighted by Gasteiger charge is 2.04. The van der Waals surface area contributed by atoms with E-state index < -0.39 is 0 Å². The van der Waals surface area contributed by atoms with Crippen LogP contribution in [-0.4, -0.2) is 28.1 Å². The predicted octanol–water partition coefficient (Wildman–Crippen LogP) is 1.34. The van der Waals surface area contributed by atoms with Crippen LogP contribution in [0, 0.1) is 0 Å². The Hall–Kier alpha value is -1.88. The van der Waals surface area contributed by atoms with E-state index in [9.17, 15) is 4.79 Å². The van der Waals surface area contributed by atoms with Crippen LogP contribution < -0.4 is 10.6 Å². The molecule has 5 nitrogen and oxygen atoms in total. The summed E-state index contributed by atoms with van der Waals surface area (Å²) >= 11 is 0. The van der Waals surface area contributed by atoms with Gasteiger partial charge in [0.1, 0.15) is 0 Å². The lowest BCUT2D eigenvalue weighted by Crippen LogP contribution is -2.32. The normalized spacial score (nSPS) is 11.1. The summed E-state index contributed by atoms with van der Waals surface area (Å²) < 4.78 is 1.85. The zero-order valence-electron chi connectivity index (χ0n) is 11.4. The Balaban J connectivity index is 1.78. The number of carbonyl (C=O) groups is 1. The Morgan fingerprint density at radius 2 is 2.26 bits per heavy atom. The quantitative estimate of drug-likeness (QED) is 0.771. The van der Waals surface area contributed by atoms with E-state index in [2.05, 4.69) is 15.7 Å². The lowest BCUT2D eigenvalue weighted by Gasteiger charge is -2.08. The summed E-state index contributed by atoms with van der Waals surface area (Å²) in [5.74, 6) is 0.0855. The van der Waals surface area contributed by atoms with Gasteiger partial charge in [0.05, 0.1) is 11.7 Å². The number of fused-ring (bicyclic) bond motifs is 1. The fourth-order valence-electron chi connectivity index (χ4n) is 1.94. The highest BCUT2D eigenvalue weighted by atomic mass is 16.1. The Morgan fingerprint density at radius 3 is 3.05 bits per heavy atom. The Kier molecular flexibility index (Phi) is 4.52. The van der Waals surface area contributed by atoms with Crippen LogP contribution >= 0.6 is 0 Å². The molecule has 1 amide bonds. The van der Waals surface area contributed by atoms with Crippen molar-refractivity contribution in [3.63, 3.8) is 0 Å². The fourth-order valence-corrected chi connectivity index (χ4v) is 1.94. The van der Waals surface area contributed by atoms with Crippen molar-refractivity contribution in [3.8, 4) is 0 Å². The van der Waals surface area contributed by atoms with Gasteiger partial charge in [-0.2, -0.15) is 5.10 Å². The van der Waals surface area contributed by atoms with Crippen LogP contribution in [0.4, 0.5) is 0 Å². The van der Waals surface area contributed by atoms with E-state index in [0.29, 0.717) is 13.0 Å². The molecular formula is C14H20N4O. The summed E-state index contributed by atoms with van der Waals surface area (Å²) in [6, 6.07) is 6.19. The highest BCUT2D eigenvalue weighted by molar-refractivity contribution is 5.76. The van der Waals surface area contributed by atoms with Crippen LogP contribution in [0.5, 0.6) is 0 Å². The van der Waals surface area contributed by atoms with E-state index in [1.165, 1.54) is 0 Å². The van der Waals surface area contributed by atoms with Crippen LogP contribution in [0.3, 0.4) is 0 Å². The molecule has 0 spiro atoms. The molecular weight excluding hydrogens is 240 g/mol. The second kappa shape index (κ2) is 6.33.